The van der Waals surface area contributed by atoms with Gasteiger partial charge in [0.25, 0.3) is 0 Å². The molecule has 0 radical (unpaired) electrons. The molecule has 2 aromatic heterocycles. The highest BCUT2D eigenvalue weighted by Gasteiger charge is 2.26. The second kappa shape index (κ2) is 7.30. The summed E-state index contributed by atoms with van der Waals surface area (Å²) in [5, 5.41) is 11.0. The van der Waals surface area contributed by atoms with E-state index in [0.717, 1.165) is 47.6 Å². The van der Waals surface area contributed by atoms with E-state index in [1.165, 1.54) is 20.0 Å². The number of aromatic nitrogens is 2. The smallest absolute Gasteiger partial charge is 0.342 e. The van der Waals surface area contributed by atoms with Crippen molar-refractivity contribution < 1.29 is 9.53 Å². The molecule has 1 aliphatic heterocycles. The van der Waals surface area contributed by atoms with E-state index in [9.17, 15) is 4.79 Å². The summed E-state index contributed by atoms with van der Waals surface area (Å²) in [5.41, 5.74) is 3.33. The van der Waals surface area contributed by atoms with Gasteiger partial charge >= 0.3 is 5.97 Å². The summed E-state index contributed by atoms with van der Waals surface area (Å²) in [5.74, 6) is 0.330. The van der Waals surface area contributed by atoms with Gasteiger partial charge in [-0.05, 0) is 49.3 Å². The normalized spacial score (nSPS) is 15.2. The number of nitrogens with zero attached hydrogens (tertiary/aromatic N) is 3. The Morgan fingerprint density at radius 3 is 2.46 bits per heavy atom. The number of methoxy groups -OCH3 is 1. The fraction of sp³-hybridized carbons (Fsp3) is 0.500. The number of carbonyl (C=O) groups excluding carboxylic acids is 1. The molecule has 3 rings (SSSR count). The zero-order valence-electron chi connectivity index (χ0n) is 14.5. The molecule has 0 unspecified atom stereocenters. The topological polar surface area (TPSA) is 55.3 Å². The molecular formula is C18H23N3O2S. The number of hydrogen-bond acceptors (Lipinski definition) is 6. The van der Waals surface area contributed by atoms with Crippen molar-refractivity contribution in [2.75, 3.05) is 25.1 Å². The molecule has 0 spiro atoms. The van der Waals surface area contributed by atoms with E-state index >= 15 is 0 Å². The number of rotatable bonds is 3. The van der Waals surface area contributed by atoms with Crippen LogP contribution in [0.2, 0.25) is 0 Å². The average molecular weight is 345 g/mol. The lowest BCUT2D eigenvalue weighted by atomic mass is 10.1. The van der Waals surface area contributed by atoms with Crippen LogP contribution in [0.1, 0.15) is 47.2 Å². The lowest BCUT2D eigenvalue weighted by molar-refractivity contribution is 0.0600. The Kier molecular flexibility index (Phi) is 5.14. The highest BCUT2D eigenvalue weighted by atomic mass is 32.1. The molecule has 0 N–H and O–H groups in total. The molecule has 24 heavy (non-hydrogen) atoms. The van der Waals surface area contributed by atoms with E-state index in [-0.39, 0.29) is 5.97 Å². The Morgan fingerprint density at radius 1 is 1.17 bits per heavy atom. The fourth-order valence-electron chi connectivity index (χ4n) is 3.19. The number of ether oxygens (including phenoxy) is 1. The highest BCUT2D eigenvalue weighted by Crippen LogP contribution is 2.34. The first kappa shape index (κ1) is 16.9. The van der Waals surface area contributed by atoms with Crippen LogP contribution in [0.25, 0.3) is 10.6 Å². The largest absolute Gasteiger partial charge is 0.465 e. The molecule has 1 saturated heterocycles. The van der Waals surface area contributed by atoms with Gasteiger partial charge in [0.2, 0.25) is 0 Å². The monoisotopic (exact) mass is 345 g/mol. The molecule has 1 aliphatic rings. The first-order valence-electron chi connectivity index (χ1n) is 8.38. The molecule has 0 aromatic carbocycles. The van der Waals surface area contributed by atoms with Crippen molar-refractivity contribution in [3.63, 3.8) is 0 Å². The van der Waals surface area contributed by atoms with Crippen LogP contribution in [0.4, 0.5) is 5.82 Å². The Hall–Kier alpha value is -1.95. The van der Waals surface area contributed by atoms with Crippen molar-refractivity contribution in [1.82, 2.24) is 10.2 Å². The number of esters is 1. The van der Waals surface area contributed by atoms with Gasteiger partial charge < -0.3 is 9.64 Å². The van der Waals surface area contributed by atoms with Crippen molar-refractivity contribution in [2.24, 2.45) is 0 Å². The van der Waals surface area contributed by atoms with Gasteiger partial charge in [-0.25, -0.2) is 4.79 Å². The molecule has 128 valence electrons. The van der Waals surface area contributed by atoms with Gasteiger partial charge in [-0.2, -0.15) is 0 Å². The third-order valence-electron chi connectivity index (χ3n) is 4.57. The first-order valence-corrected chi connectivity index (χ1v) is 9.26. The summed E-state index contributed by atoms with van der Waals surface area (Å²) in [4.78, 5) is 15.7. The maximum atomic E-state index is 12.5. The summed E-state index contributed by atoms with van der Waals surface area (Å²) in [6.07, 6.45) is 4.69. The standard InChI is InChI=1S/C18H23N3O2S/c1-12-8-11-24-16(12)15-13(2)14(18(22)23-3)17(20-19-15)21-9-6-4-5-7-10-21/h8,11H,4-7,9-10H2,1-3H3. The van der Waals surface area contributed by atoms with E-state index < -0.39 is 0 Å². The Morgan fingerprint density at radius 2 is 1.88 bits per heavy atom. The number of thiophene rings is 1. The van der Waals surface area contributed by atoms with Gasteiger partial charge in [-0.15, -0.1) is 21.5 Å². The third-order valence-corrected chi connectivity index (χ3v) is 5.59. The van der Waals surface area contributed by atoms with Crippen LogP contribution in [0.5, 0.6) is 0 Å². The maximum absolute atomic E-state index is 12.5. The first-order chi connectivity index (χ1) is 11.6. The fourth-order valence-corrected chi connectivity index (χ4v) is 4.16. The molecule has 0 aliphatic carbocycles. The number of carbonyl (C=O) groups is 1. The van der Waals surface area contributed by atoms with Crippen molar-refractivity contribution >= 4 is 23.1 Å². The predicted molar refractivity (Wildman–Crippen MR) is 96.8 cm³/mol. The van der Waals surface area contributed by atoms with Crippen LogP contribution < -0.4 is 4.90 Å². The van der Waals surface area contributed by atoms with E-state index in [1.54, 1.807) is 11.3 Å². The van der Waals surface area contributed by atoms with Crippen LogP contribution in [-0.2, 0) is 4.74 Å². The molecule has 3 heterocycles. The molecule has 0 atom stereocenters. The van der Waals surface area contributed by atoms with Gasteiger partial charge in [-0.3, -0.25) is 0 Å². The van der Waals surface area contributed by atoms with Crippen LogP contribution in [0.15, 0.2) is 11.4 Å². The van der Waals surface area contributed by atoms with Crippen LogP contribution >= 0.6 is 11.3 Å². The maximum Gasteiger partial charge on any atom is 0.342 e. The summed E-state index contributed by atoms with van der Waals surface area (Å²) >= 11 is 1.62. The predicted octanol–water partition coefficient (Wildman–Crippen LogP) is 3.99. The zero-order chi connectivity index (χ0) is 17.1. The molecule has 0 amide bonds. The van der Waals surface area contributed by atoms with Crippen molar-refractivity contribution in [1.29, 1.82) is 0 Å². The van der Waals surface area contributed by atoms with E-state index in [1.807, 2.05) is 19.2 Å². The molecular weight excluding hydrogens is 322 g/mol. The summed E-state index contributed by atoms with van der Waals surface area (Å²) in [6.45, 7) is 5.81. The molecule has 2 aromatic rings. The minimum absolute atomic E-state index is 0.336. The quantitative estimate of drug-likeness (QED) is 0.787. The van der Waals surface area contributed by atoms with Gasteiger partial charge in [0.15, 0.2) is 5.82 Å². The SMILES string of the molecule is COC(=O)c1c(N2CCCCCC2)nnc(-c2sccc2C)c1C. The molecule has 1 fully saturated rings. The summed E-state index contributed by atoms with van der Waals surface area (Å²) in [6, 6.07) is 2.06. The molecule has 5 nitrogen and oxygen atoms in total. The average Bonchev–Trinajstić information content (AvgIpc) is 2.85. The lowest BCUT2D eigenvalue weighted by Crippen LogP contribution is -2.28. The van der Waals surface area contributed by atoms with Crippen molar-refractivity contribution in [3.05, 3.63) is 28.1 Å². The number of hydrogen-bond donors (Lipinski definition) is 0. The van der Waals surface area contributed by atoms with Crippen LogP contribution in [-0.4, -0.2) is 36.4 Å². The van der Waals surface area contributed by atoms with Crippen molar-refractivity contribution in [2.45, 2.75) is 39.5 Å². The van der Waals surface area contributed by atoms with Gasteiger partial charge in [0, 0.05) is 13.1 Å². The second-order valence-electron chi connectivity index (χ2n) is 6.20. The van der Waals surface area contributed by atoms with Gasteiger partial charge in [0.1, 0.15) is 11.3 Å². The highest BCUT2D eigenvalue weighted by molar-refractivity contribution is 7.13. The number of aryl methyl sites for hydroxylation is 1. The summed E-state index contributed by atoms with van der Waals surface area (Å²) < 4.78 is 5.05. The Balaban J connectivity index is 2.11. The summed E-state index contributed by atoms with van der Waals surface area (Å²) in [7, 11) is 1.42. The molecule has 0 saturated carbocycles. The van der Waals surface area contributed by atoms with E-state index in [0.29, 0.717) is 11.4 Å². The third kappa shape index (κ3) is 3.15. The van der Waals surface area contributed by atoms with Gasteiger partial charge in [-0.1, -0.05) is 12.8 Å². The van der Waals surface area contributed by atoms with E-state index in [2.05, 4.69) is 21.2 Å². The van der Waals surface area contributed by atoms with Crippen molar-refractivity contribution in [3.8, 4) is 10.6 Å². The lowest BCUT2D eigenvalue weighted by Gasteiger charge is -2.24. The van der Waals surface area contributed by atoms with Crippen LogP contribution in [0, 0.1) is 13.8 Å². The van der Waals surface area contributed by atoms with E-state index in [4.69, 9.17) is 4.74 Å². The second-order valence-corrected chi connectivity index (χ2v) is 7.11. The minimum Gasteiger partial charge on any atom is -0.465 e. The molecule has 0 bridgehead atoms. The number of anilines is 1. The van der Waals surface area contributed by atoms with Crippen LogP contribution in [0.3, 0.4) is 0 Å². The minimum atomic E-state index is -0.336. The zero-order valence-corrected chi connectivity index (χ0v) is 15.3. The van der Waals surface area contributed by atoms with Gasteiger partial charge in [0.05, 0.1) is 12.0 Å². The Bertz CT molecular complexity index is 734. The molecule has 6 heteroatoms. The Labute approximate surface area is 146 Å².